The second-order valence-electron chi connectivity index (χ2n) is 3.74. The molecule has 1 aromatic rings. The monoisotopic (exact) mass is 181 g/mol. The van der Waals surface area contributed by atoms with Crippen molar-refractivity contribution in [2.45, 2.75) is 38.6 Å². The van der Waals surface area contributed by atoms with Crippen LogP contribution in [0.5, 0.6) is 0 Å². The van der Waals surface area contributed by atoms with Gasteiger partial charge in [-0.1, -0.05) is 0 Å². The van der Waals surface area contributed by atoms with Gasteiger partial charge in [0.05, 0.1) is 0 Å². The number of nitrogens with zero attached hydrogens (tertiary/aromatic N) is 2. The fourth-order valence-electron chi connectivity index (χ4n) is 1.83. The lowest BCUT2D eigenvalue weighted by molar-refractivity contribution is 0.325. The molecule has 72 valence electrons. The van der Waals surface area contributed by atoms with Crippen LogP contribution in [-0.4, -0.2) is 22.8 Å². The minimum atomic E-state index is 0.456. The molecule has 4 heteroatoms. The summed E-state index contributed by atoms with van der Waals surface area (Å²) in [4.78, 5) is 0. The first kappa shape index (κ1) is 8.69. The van der Waals surface area contributed by atoms with Gasteiger partial charge >= 0.3 is 0 Å². The molecule has 1 saturated heterocycles. The van der Waals surface area contributed by atoms with E-state index in [2.05, 4.69) is 22.4 Å². The zero-order chi connectivity index (χ0) is 9.26. The molecule has 4 nitrogen and oxygen atoms in total. The first-order chi connectivity index (χ1) is 6.25. The number of hydrogen-bond donors (Lipinski definition) is 1. The van der Waals surface area contributed by atoms with Crippen molar-refractivity contribution < 1.29 is 4.42 Å². The van der Waals surface area contributed by atoms with Crippen molar-refractivity contribution in [3.63, 3.8) is 0 Å². The van der Waals surface area contributed by atoms with Crippen molar-refractivity contribution in [1.29, 1.82) is 0 Å². The van der Waals surface area contributed by atoms with Crippen molar-refractivity contribution in [2.24, 2.45) is 0 Å². The van der Waals surface area contributed by atoms with Gasteiger partial charge in [-0.2, -0.15) is 0 Å². The van der Waals surface area contributed by atoms with Gasteiger partial charge in [0.25, 0.3) is 0 Å². The highest BCUT2D eigenvalue weighted by Gasteiger charge is 2.23. The summed E-state index contributed by atoms with van der Waals surface area (Å²) in [6, 6.07) is 0.561. The standard InChI is InChI=1S/C9H15N3O/c1-6-5-8(3-4-10-6)9-12-11-7(2)13-9/h6,8,10H,3-5H2,1-2H3/t6-,8+/m1/s1. The molecule has 0 unspecified atom stereocenters. The zero-order valence-electron chi connectivity index (χ0n) is 8.08. The number of nitrogens with one attached hydrogen (secondary N) is 1. The first-order valence-corrected chi connectivity index (χ1v) is 4.79. The molecule has 2 rings (SSSR count). The molecule has 0 spiro atoms. The Labute approximate surface area is 77.7 Å². The Kier molecular flexibility index (Phi) is 2.31. The zero-order valence-corrected chi connectivity index (χ0v) is 8.08. The molecule has 1 aliphatic rings. The molecule has 13 heavy (non-hydrogen) atoms. The lowest BCUT2D eigenvalue weighted by atomic mass is 9.93. The van der Waals surface area contributed by atoms with Gasteiger partial charge in [0.2, 0.25) is 11.8 Å². The Bertz CT molecular complexity index is 284. The van der Waals surface area contributed by atoms with E-state index in [1.54, 1.807) is 0 Å². The molecule has 0 radical (unpaired) electrons. The van der Waals surface area contributed by atoms with Crippen LogP contribution in [0.1, 0.15) is 37.5 Å². The van der Waals surface area contributed by atoms with Crippen LogP contribution in [0, 0.1) is 6.92 Å². The number of aromatic nitrogens is 2. The topological polar surface area (TPSA) is 51.0 Å². The number of rotatable bonds is 1. The number of hydrogen-bond acceptors (Lipinski definition) is 4. The molecule has 2 heterocycles. The lowest BCUT2D eigenvalue weighted by Gasteiger charge is -2.25. The van der Waals surface area contributed by atoms with E-state index >= 15 is 0 Å². The summed E-state index contributed by atoms with van der Waals surface area (Å²) >= 11 is 0. The van der Waals surface area contributed by atoms with Crippen molar-refractivity contribution in [1.82, 2.24) is 15.5 Å². The summed E-state index contributed by atoms with van der Waals surface area (Å²) in [7, 11) is 0. The molecule has 1 aromatic heterocycles. The normalized spacial score (nSPS) is 29.1. The summed E-state index contributed by atoms with van der Waals surface area (Å²) in [5, 5.41) is 11.3. The van der Waals surface area contributed by atoms with Gasteiger partial charge in [-0.25, -0.2) is 0 Å². The fraction of sp³-hybridized carbons (Fsp3) is 0.778. The average Bonchev–Trinajstić information content (AvgIpc) is 2.52. The van der Waals surface area contributed by atoms with E-state index in [9.17, 15) is 0 Å². The van der Waals surface area contributed by atoms with Gasteiger partial charge in [0.1, 0.15) is 0 Å². The maximum atomic E-state index is 5.42. The Hall–Kier alpha value is -0.900. The molecule has 0 saturated carbocycles. The summed E-state index contributed by atoms with van der Waals surface area (Å²) in [6.45, 7) is 5.07. The van der Waals surface area contributed by atoms with E-state index in [1.165, 1.54) is 0 Å². The van der Waals surface area contributed by atoms with E-state index < -0.39 is 0 Å². The summed E-state index contributed by atoms with van der Waals surface area (Å²) in [5.74, 6) is 1.93. The summed E-state index contributed by atoms with van der Waals surface area (Å²) < 4.78 is 5.42. The Morgan fingerprint density at radius 2 is 2.31 bits per heavy atom. The second-order valence-corrected chi connectivity index (χ2v) is 3.74. The number of piperidine rings is 1. The van der Waals surface area contributed by atoms with Gasteiger partial charge in [-0.3, -0.25) is 0 Å². The molecule has 1 aliphatic heterocycles. The predicted molar refractivity (Wildman–Crippen MR) is 48.5 cm³/mol. The van der Waals surface area contributed by atoms with Crippen LogP contribution in [0.2, 0.25) is 0 Å². The van der Waals surface area contributed by atoms with Crippen molar-refractivity contribution in [2.75, 3.05) is 6.54 Å². The molecule has 0 aliphatic carbocycles. The molecule has 0 bridgehead atoms. The number of aryl methyl sites for hydroxylation is 1. The molecule has 1 fully saturated rings. The van der Waals surface area contributed by atoms with Gasteiger partial charge in [-0.15, -0.1) is 10.2 Å². The molecule has 2 atom stereocenters. The van der Waals surface area contributed by atoms with Crippen LogP contribution in [0.15, 0.2) is 4.42 Å². The maximum Gasteiger partial charge on any atom is 0.219 e. The molecule has 0 aromatic carbocycles. The summed E-state index contributed by atoms with van der Waals surface area (Å²) in [6.07, 6.45) is 2.20. The lowest BCUT2D eigenvalue weighted by Crippen LogP contribution is -2.34. The minimum Gasteiger partial charge on any atom is -0.425 e. The highest BCUT2D eigenvalue weighted by Crippen LogP contribution is 2.26. The fourth-order valence-corrected chi connectivity index (χ4v) is 1.83. The minimum absolute atomic E-state index is 0.456. The van der Waals surface area contributed by atoms with Crippen LogP contribution in [0.25, 0.3) is 0 Å². The highest BCUT2D eigenvalue weighted by molar-refractivity contribution is 4.95. The third kappa shape index (κ3) is 1.88. The van der Waals surface area contributed by atoms with Crippen LogP contribution in [-0.2, 0) is 0 Å². The first-order valence-electron chi connectivity index (χ1n) is 4.79. The van der Waals surface area contributed by atoms with Crippen LogP contribution in [0.4, 0.5) is 0 Å². The maximum absolute atomic E-state index is 5.42. The Morgan fingerprint density at radius 1 is 1.46 bits per heavy atom. The van der Waals surface area contributed by atoms with Gasteiger partial charge in [-0.05, 0) is 26.3 Å². The third-order valence-electron chi connectivity index (χ3n) is 2.51. The smallest absolute Gasteiger partial charge is 0.219 e. The van der Waals surface area contributed by atoms with E-state index in [1.807, 2.05) is 6.92 Å². The van der Waals surface area contributed by atoms with E-state index in [0.717, 1.165) is 25.3 Å². The average molecular weight is 181 g/mol. The molecule has 1 N–H and O–H groups in total. The van der Waals surface area contributed by atoms with Crippen molar-refractivity contribution in [3.05, 3.63) is 11.8 Å². The SMILES string of the molecule is Cc1nnc([C@H]2CCN[C@H](C)C2)o1. The van der Waals surface area contributed by atoms with E-state index in [-0.39, 0.29) is 0 Å². The van der Waals surface area contributed by atoms with Gasteiger partial charge in [0.15, 0.2) is 0 Å². The van der Waals surface area contributed by atoms with Gasteiger partial charge < -0.3 is 9.73 Å². The van der Waals surface area contributed by atoms with Gasteiger partial charge in [0, 0.05) is 18.9 Å². The second kappa shape index (κ2) is 3.46. The van der Waals surface area contributed by atoms with Crippen molar-refractivity contribution in [3.8, 4) is 0 Å². The molecule has 0 amide bonds. The van der Waals surface area contributed by atoms with Crippen LogP contribution >= 0.6 is 0 Å². The Morgan fingerprint density at radius 3 is 2.92 bits per heavy atom. The highest BCUT2D eigenvalue weighted by atomic mass is 16.4. The van der Waals surface area contributed by atoms with Crippen molar-refractivity contribution >= 4 is 0 Å². The third-order valence-corrected chi connectivity index (χ3v) is 2.51. The van der Waals surface area contributed by atoms with E-state index in [4.69, 9.17) is 4.42 Å². The quantitative estimate of drug-likeness (QED) is 0.708. The van der Waals surface area contributed by atoms with Crippen LogP contribution < -0.4 is 5.32 Å². The molecular weight excluding hydrogens is 166 g/mol. The molecular formula is C9H15N3O. The largest absolute Gasteiger partial charge is 0.425 e. The predicted octanol–water partition coefficient (Wildman–Crippen LogP) is 1.23. The van der Waals surface area contributed by atoms with E-state index in [0.29, 0.717) is 17.9 Å². The Balaban J connectivity index is 2.08. The van der Waals surface area contributed by atoms with Crippen LogP contribution in [0.3, 0.4) is 0 Å². The summed E-state index contributed by atoms with van der Waals surface area (Å²) in [5.41, 5.74) is 0.